The molecule has 8 aromatic rings. The zero-order valence-electron chi connectivity index (χ0n) is 34.1. The molecular formula is C54H44B2N2. The number of hydrogen-bond donors (Lipinski definition) is 0. The second-order valence-electron chi connectivity index (χ2n) is 16.9. The van der Waals surface area contributed by atoms with E-state index in [9.17, 15) is 0 Å². The van der Waals surface area contributed by atoms with Crippen LogP contribution in [0.25, 0.3) is 22.3 Å². The Morgan fingerprint density at radius 1 is 0.310 bits per heavy atom. The number of aryl methyl sites for hydroxylation is 6. The van der Waals surface area contributed by atoms with Gasteiger partial charge in [0.25, 0.3) is 0 Å². The third-order valence-electron chi connectivity index (χ3n) is 13.1. The zero-order chi connectivity index (χ0) is 39.4. The number of rotatable bonds is 4. The first-order valence-corrected chi connectivity index (χ1v) is 20.7. The summed E-state index contributed by atoms with van der Waals surface area (Å²) in [5, 5.41) is 0. The number of anilines is 6. The molecule has 276 valence electrons. The average molecular weight is 743 g/mol. The van der Waals surface area contributed by atoms with Gasteiger partial charge in [-0.25, -0.2) is 0 Å². The summed E-state index contributed by atoms with van der Waals surface area (Å²) in [4.78, 5) is 5.21. The van der Waals surface area contributed by atoms with Gasteiger partial charge in [-0.1, -0.05) is 178 Å². The number of hydrogen-bond acceptors (Lipinski definition) is 2. The van der Waals surface area contributed by atoms with Crippen molar-refractivity contribution in [1.29, 1.82) is 0 Å². The Bertz CT molecular complexity index is 2740. The second kappa shape index (κ2) is 13.0. The highest BCUT2D eigenvalue weighted by Crippen LogP contribution is 2.55. The maximum Gasteiger partial charge on any atom is 0.247 e. The third kappa shape index (κ3) is 5.07. The molecule has 2 nitrogen and oxygen atoms in total. The van der Waals surface area contributed by atoms with Crippen LogP contribution in [0.1, 0.15) is 33.4 Å². The fraction of sp³-hybridized carbons (Fsp3) is 0.111. The smallest absolute Gasteiger partial charge is 0.247 e. The summed E-state index contributed by atoms with van der Waals surface area (Å²) < 4.78 is 0. The highest BCUT2D eigenvalue weighted by molar-refractivity contribution is 7.00. The minimum atomic E-state index is 0.0607. The maximum absolute atomic E-state index is 2.61. The van der Waals surface area contributed by atoms with E-state index in [2.05, 4.69) is 209 Å². The standard InChI is InChI=1S/C54H44B2N2/c1-33-27-35(3)51(36(4)28-33)55-43-19-13-21-49-53(43)57(47-25-23-41(31-45(47)55)39-15-9-7-10-16-39)50-22-14-20-44-54(50)58(49)48-26-24-42(40-17-11-8-12-18-40)32-46(48)56(44)52-37(5)29-34(2)30-38(52)6/h7-32H,1-6H3. The maximum atomic E-state index is 2.61. The SMILES string of the molecule is Cc1cc(C)c(B2c3cc(-c4ccccc4)ccc3N3c4cccc5c4N(c4ccc(-c6ccccc6)cc4B5c4c(C)cc(C)cc4C)c4cccc2c43)c(C)c1. The molecule has 0 saturated carbocycles. The van der Waals surface area contributed by atoms with Crippen LogP contribution in [0.15, 0.2) is 158 Å². The molecule has 3 aliphatic heterocycles. The van der Waals surface area contributed by atoms with Crippen LogP contribution < -0.4 is 42.6 Å². The van der Waals surface area contributed by atoms with Crippen LogP contribution >= 0.6 is 0 Å². The quantitative estimate of drug-likeness (QED) is 0.166. The van der Waals surface area contributed by atoms with Crippen molar-refractivity contribution in [3.8, 4) is 22.3 Å². The first-order valence-electron chi connectivity index (χ1n) is 20.7. The van der Waals surface area contributed by atoms with E-state index in [0.29, 0.717) is 0 Å². The van der Waals surface area contributed by atoms with Crippen molar-refractivity contribution in [2.75, 3.05) is 9.80 Å². The van der Waals surface area contributed by atoms with E-state index in [1.165, 1.54) is 123 Å². The van der Waals surface area contributed by atoms with Gasteiger partial charge < -0.3 is 9.80 Å². The summed E-state index contributed by atoms with van der Waals surface area (Å²) >= 11 is 0. The molecule has 0 fully saturated rings. The molecule has 0 spiro atoms. The molecule has 0 N–H and O–H groups in total. The van der Waals surface area contributed by atoms with Crippen molar-refractivity contribution in [2.45, 2.75) is 41.5 Å². The predicted molar refractivity (Wildman–Crippen MR) is 251 cm³/mol. The van der Waals surface area contributed by atoms with E-state index in [-0.39, 0.29) is 13.4 Å². The molecule has 0 unspecified atom stereocenters. The normalized spacial score (nSPS) is 13.2. The van der Waals surface area contributed by atoms with Gasteiger partial charge in [0.05, 0.1) is 22.7 Å². The van der Waals surface area contributed by atoms with E-state index in [4.69, 9.17) is 0 Å². The van der Waals surface area contributed by atoms with Gasteiger partial charge in [0.15, 0.2) is 0 Å². The zero-order valence-corrected chi connectivity index (χ0v) is 34.1. The fourth-order valence-electron chi connectivity index (χ4n) is 11.0. The summed E-state index contributed by atoms with van der Waals surface area (Å²) in [6.07, 6.45) is 0. The van der Waals surface area contributed by atoms with Gasteiger partial charge in [0, 0.05) is 11.4 Å². The Labute approximate surface area is 343 Å². The molecular weight excluding hydrogens is 698 g/mol. The lowest BCUT2D eigenvalue weighted by atomic mass is 9.33. The first kappa shape index (κ1) is 34.7. The Balaban J connectivity index is 1.23. The molecule has 3 heterocycles. The van der Waals surface area contributed by atoms with Gasteiger partial charge in [-0.15, -0.1) is 0 Å². The molecule has 0 aliphatic carbocycles. The van der Waals surface area contributed by atoms with E-state index in [1.807, 2.05) is 0 Å². The molecule has 0 saturated heterocycles. The van der Waals surface area contributed by atoms with E-state index >= 15 is 0 Å². The highest BCUT2D eigenvalue weighted by atomic mass is 15.3. The lowest BCUT2D eigenvalue weighted by molar-refractivity contribution is 1.18. The van der Waals surface area contributed by atoms with E-state index in [0.717, 1.165) is 0 Å². The number of nitrogens with zero attached hydrogens (tertiary/aromatic N) is 2. The average Bonchev–Trinajstić information content (AvgIpc) is 3.23. The molecule has 8 aromatic carbocycles. The van der Waals surface area contributed by atoms with Crippen LogP contribution in [-0.4, -0.2) is 13.4 Å². The van der Waals surface area contributed by atoms with Crippen LogP contribution in [0.2, 0.25) is 0 Å². The van der Waals surface area contributed by atoms with Gasteiger partial charge in [-0.2, -0.15) is 0 Å². The summed E-state index contributed by atoms with van der Waals surface area (Å²) in [7, 11) is 0. The Morgan fingerprint density at radius 2 is 0.690 bits per heavy atom. The molecule has 58 heavy (non-hydrogen) atoms. The van der Waals surface area contributed by atoms with Crippen LogP contribution in [-0.2, 0) is 0 Å². The Kier molecular flexibility index (Phi) is 7.79. The van der Waals surface area contributed by atoms with E-state index < -0.39 is 0 Å². The number of fused-ring (bicyclic) bond motifs is 6. The Morgan fingerprint density at radius 3 is 1.07 bits per heavy atom. The molecule has 0 radical (unpaired) electrons. The molecule has 0 amide bonds. The molecule has 0 bridgehead atoms. The summed E-state index contributed by atoms with van der Waals surface area (Å²) in [6.45, 7) is 13.8. The first-order chi connectivity index (χ1) is 28.3. The monoisotopic (exact) mass is 742 g/mol. The topological polar surface area (TPSA) is 6.48 Å². The molecule has 4 heteroatoms. The van der Waals surface area contributed by atoms with Crippen molar-refractivity contribution in [1.82, 2.24) is 0 Å². The summed E-state index contributed by atoms with van der Waals surface area (Å²) in [5.41, 5.74) is 28.6. The van der Waals surface area contributed by atoms with Crippen molar-refractivity contribution in [3.63, 3.8) is 0 Å². The molecule has 11 rings (SSSR count). The lowest BCUT2D eigenvalue weighted by Crippen LogP contribution is -2.61. The molecule has 0 atom stereocenters. The van der Waals surface area contributed by atoms with Gasteiger partial charge in [-0.05, 0) is 110 Å². The molecule has 3 aliphatic rings. The minimum Gasteiger partial charge on any atom is -0.307 e. The molecule has 0 aromatic heterocycles. The van der Waals surface area contributed by atoms with Crippen molar-refractivity contribution in [2.24, 2.45) is 0 Å². The third-order valence-corrected chi connectivity index (χ3v) is 13.1. The van der Waals surface area contributed by atoms with Gasteiger partial charge in [-0.3, -0.25) is 0 Å². The van der Waals surface area contributed by atoms with Crippen molar-refractivity contribution in [3.05, 3.63) is 191 Å². The fourth-order valence-corrected chi connectivity index (χ4v) is 11.0. The summed E-state index contributed by atoms with van der Waals surface area (Å²) in [5.74, 6) is 0. The summed E-state index contributed by atoms with van der Waals surface area (Å²) in [6, 6.07) is 59.7. The highest BCUT2D eigenvalue weighted by Gasteiger charge is 2.47. The lowest BCUT2D eigenvalue weighted by Gasteiger charge is -2.49. The van der Waals surface area contributed by atoms with E-state index in [1.54, 1.807) is 0 Å². The predicted octanol–water partition coefficient (Wildman–Crippen LogP) is 9.78. The van der Waals surface area contributed by atoms with Crippen LogP contribution in [0.3, 0.4) is 0 Å². The van der Waals surface area contributed by atoms with Crippen LogP contribution in [0, 0.1) is 41.5 Å². The second-order valence-corrected chi connectivity index (χ2v) is 16.9. The van der Waals surface area contributed by atoms with Crippen molar-refractivity contribution >= 4 is 80.3 Å². The van der Waals surface area contributed by atoms with Gasteiger partial charge in [0.1, 0.15) is 0 Å². The van der Waals surface area contributed by atoms with Crippen molar-refractivity contribution < 1.29 is 0 Å². The van der Waals surface area contributed by atoms with Crippen LogP contribution in [0.4, 0.5) is 34.1 Å². The van der Waals surface area contributed by atoms with Crippen LogP contribution in [0.5, 0.6) is 0 Å². The minimum absolute atomic E-state index is 0.0607. The number of para-hydroxylation sites is 2. The number of benzene rings is 8. The van der Waals surface area contributed by atoms with Gasteiger partial charge in [0.2, 0.25) is 13.4 Å². The van der Waals surface area contributed by atoms with Gasteiger partial charge >= 0.3 is 0 Å². The largest absolute Gasteiger partial charge is 0.307 e. The Hall–Kier alpha value is -6.51.